The Bertz CT molecular complexity index is 1590. The predicted molar refractivity (Wildman–Crippen MR) is 135 cm³/mol. The summed E-state index contributed by atoms with van der Waals surface area (Å²) in [7, 11) is 0. The molecule has 2 N–H and O–H groups in total. The number of benzene rings is 1. The molecule has 37 heavy (non-hydrogen) atoms. The molecule has 8 nitrogen and oxygen atoms in total. The molecule has 4 heterocycles. The SMILES string of the molecule is Cc1c(-c2cnc(Oc3ccc(N4CCC4)cc3)c(Cl)c2)sc2c1c(=O)[nH]c(=O)n2C[C@@H](O)C(F)(F)F. The van der Waals surface area contributed by atoms with Crippen LogP contribution in [0.2, 0.25) is 5.02 Å². The predicted octanol–water partition coefficient (Wildman–Crippen LogP) is 4.70. The van der Waals surface area contributed by atoms with Gasteiger partial charge in [0.05, 0.1) is 11.9 Å². The van der Waals surface area contributed by atoms with Gasteiger partial charge in [-0.05, 0) is 49.2 Å². The van der Waals surface area contributed by atoms with Gasteiger partial charge in [-0.1, -0.05) is 11.6 Å². The van der Waals surface area contributed by atoms with Crippen molar-refractivity contribution in [1.82, 2.24) is 14.5 Å². The molecule has 0 amide bonds. The Morgan fingerprint density at radius 2 is 1.95 bits per heavy atom. The number of pyridine rings is 1. The highest BCUT2D eigenvalue weighted by molar-refractivity contribution is 7.22. The number of hydrogen-bond acceptors (Lipinski definition) is 7. The zero-order valence-electron chi connectivity index (χ0n) is 19.3. The first-order chi connectivity index (χ1) is 17.5. The summed E-state index contributed by atoms with van der Waals surface area (Å²) in [5.41, 5.74) is 0.236. The minimum Gasteiger partial charge on any atom is -0.438 e. The van der Waals surface area contributed by atoms with Crippen LogP contribution in [0.15, 0.2) is 46.1 Å². The summed E-state index contributed by atoms with van der Waals surface area (Å²) in [6, 6.07) is 9.10. The lowest BCUT2D eigenvalue weighted by Gasteiger charge is -2.33. The number of aryl methyl sites for hydroxylation is 1. The van der Waals surface area contributed by atoms with Crippen molar-refractivity contribution in [2.24, 2.45) is 0 Å². The van der Waals surface area contributed by atoms with Crippen LogP contribution in [0.3, 0.4) is 0 Å². The molecule has 3 aromatic heterocycles. The van der Waals surface area contributed by atoms with E-state index in [1.54, 1.807) is 13.0 Å². The molecule has 1 aromatic carbocycles. The van der Waals surface area contributed by atoms with Crippen LogP contribution in [0, 0.1) is 6.92 Å². The average molecular weight is 553 g/mol. The van der Waals surface area contributed by atoms with E-state index < -0.39 is 30.1 Å². The van der Waals surface area contributed by atoms with E-state index >= 15 is 0 Å². The third-order valence-corrected chi connectivity index (χ3v) is 7.78. The van der Waals surface area contributed by atoms with E-state index in [0.717, 1.165) is 30.1 Å². The molecule has 13 heteroatoms. The first kappa shape index (κ1) is 25.3. The first-order valence-electron chi connectivity index (χ1n) is 11.2. The number of thiophene rings is 1. The number of aromatic nitrogens is 3. The third kappa shape index (κ3) is 4.83. The van der Waals surface area contributed by atoms with Crippen molar-refractivity contribution >= 4 is 38.8 Å². The van der Waals surface area contributed by atoms with Gasteiger partial charge in [0.1, 0.15) is 15.6 Å². The molecular formula is C24H20ClF3N4O4S. The number of hydrogen-bond donors (Lipinski definition) is 2. The van der Waals surface area contributed by atoms with Crippen LogP contribution in [-0.4, -0.2) is 45.0 Å². The number of nitrogens with zero attached hydrogens (tertiary/aromatic N) is 3. The fourth-order valence-corrected chi connectivity index (χ4v) is 5.53. The molecular weight excluding hydrogens is 533 g/mol. The molecule has 0 saturated carbocycles. The maximum Gasteiger partial charge on any atom is 0.416 e. The van der Waals surface area contributed by atoms with Gasteiger partial charge in [0, 0.05) is 35.4 Å². The molecule has 1 atom stereocenters. The number of aliphatic hydroxyl groups is 1. The van der Waals surface area contributed by atoms with Gasteiger partial charge < -0.3 is 14.7 Å². The largest absolute Gasteiger partial charge is 0.438 e. The lowest BCUT2D eigenvalue weighted by atomic mass is 10.1. The number of aromatic amines is 1. The molecule has 1 aliphatic heterocycles. The summed E-state index contributed by atoms with van der Waals surface area (Å²) in [6.07, 6.45) is -5.07. The molecule has 0 aliphatic carbocycles. The lowest BCUT2D eigenvalue weighted by Crippen LogP contribution is -2.38. The second kappa shape index (κ2) is 9.51. The van der Waals surface area contributed by atoms with Gasteiger partial charge in [-0.3, -0.25) is 14.3 Å². The van der Waals surface area contributed by atoms with E-state index in [2.05, 4.69) is 9.88 Å². The number of anilines is 1. The van der Waals surface area contributed by atoms with E-state index in [4.69, 9.17) is 16.3 Å². The number of alkyl halides is 3. The standard InChI is InChI=1S/C24H20ClF3N4O4S/c1-12-18-20(34)30-23(35)32(11-17(33)24(26,27)28)22(18)37-19(12)13-9-16(25)21(29-10-13)36-15-5-3-14(4-6-15)31-7-2-8-31/h3-6,9-10,17,33H,2,7-8,11H2,1H3,(H,30,34,35)/t17-/m1/s1. The minimum atomic E-state index is -4.93. The van der Waals surface area contributed by atoms with Gasteiger partial charge in [0.2, 0.25) is 5.88 Å². The Kier molecular flexibility index (Phi) is 6.50. The molecule has 4 aromatic rings. The van der Waals surface area contributed by atoms with Crippen molar-refractivity contribution in [3.05, 3.63) is 68.0 Å². The molecule has 0 unspecified atom stereocenters. The fraction of sp³-hybridized carbons (Fsp3) is 0.292. The van der Waals surface area contributed by atoms with E-state index in [0.29, 0.717) is 26.3 Å². The summed E-state index contributed by atoms with van der Waals surface area (Å²) >= 11 is 7.36. The second-order valence-electron chi connectivity index (χ2n) is 8.61. The van der Waals surface area contributed by atoms with Crippen LogP contribution in [0.1, 0.15) is 12.0 Å². The van der Waals surface area contributed by atoms with Crippen molar-refractivity contribution < 1.29 is 23.0 Å². The number of aliphatic hydroxyl groups excluding tert-OH is 1. The summed E-state index contributed by atoms with van der Waals surface area (Å²) in [5.74, 6) is 0.701. The summed E-state index contributed by atoms with van der Waals surface area (Å²) in [6.45, 7) is 2.60. The normalized spacial score (nSPS) is 14.6. The van der Waals surface area contributed by atoms with Crippen LogP contribution in [0.5, 0.6) is 11.6 Å². The number of H-pyrrole nitrogens is 1. The Labute approximate surface area is 216 Å². The number of halogens is 4. The van der Waals surface area contributed by atoms with Crippen molar-refractivity contribution in [2.45, 2.75) is 32.2 Å². The topological polar surface area (TPSA) is 100 Å². The molecule has 1 aliphatic rings. The highest BCUT2D eigenvalue weighted by atomic mass is 35.5. The van der Waals surface area contributed by atoms with Crippen molar-refractivity contribution in [3.8, 4) is 22.1 Å². The molecule has 0 bridgehead atoms. The van der Waals surface area contributed by atoms with E-state index in [9.17, 15) is 27.9 Å². The van der Waals surface area contributed by atoms with E-state index in [1.165, 1.54) is 12.6 Å². The summed E-state index contributed by atoms with van der Waals surface area (Å²) in [4.78, 5) is 33.9. The molecule has 0 spiro atoms. The number of fused-ring (bicyclic) bond motifs is 1. The zero-order valence-corrected chi connectivity index (χ0v) is 20.9. The molecule has 1 fully saturated rings. The van der Waals surface area contributed by atoms with Crippen LogP contribution >= 0.6 is 22.9 Å². The van der Waals surface area contributed by atoms with E-state index in [-0.39, 0.29) is 21.1 Å². The van der Waals surface area contributed by atoms with Crippen molar-refractivity contribution in [2.75, 3.05) is 18.0 Å². The van der Waals surface area contributed by atoms with Crippen LogP contribution in [0.4, 0.5) is 18.9 Å². The second-order valence-corrected chi connectivity index (χ2v) is 10.0. The fourth-order valence-electron chi connectivity index (χ4n) is 4.03. The minimum absolute atomic E-state index is 0.00305. The highest BCUT2D eigenvalue weighted by Crippen LogP contribution is 2.39. The Morgan fingerprint density at radius 3 is 2.54 bits per heavy atom. The first-order valence-corrected chi connectivity index (χ1v) is 12.4. The van der Waals surface area contributed by atoms with Gasteiger partial charge in [0.25, 0.3) is 5.56 Å². The van der Waals surface area contributed by atoms with Crippen molar-refractivity contribution in [3.63, 3.8) is 0 Å². The quantitative estimate of drug-likeness (QED) is 0.360. The Morgan fingerprint density at radius 1 is 1.24 bits per heavy atom. The van der Waals surface area contributed by atoms with Gasteiger partial charge >= 0.3 is 11.9 Å². The van der Waals surface area contributed by atoms with Crippen LogP contribution in [-0.2, 0) is 6.54 Å². The van der Waals surface area contributed by atoms with Crippen LogP contribution in [0.25, 0.3) is 20.7 Å². The Balaban J connectivity index is 1.47. The average Bonchev–Trinajstić information content (AvgIpc) is 3.14. The third-order valence-electron chi connectivity index (χ3n) is 6.14. The smallest absolute Gasteiger partial charge is 0.416 e. The lowest BCUT2D eigenvalue weighted by molar-refractivity contribution is -0.207. The maximum absolute atomic E-state index is 12.9. The number of nitrogens with one attached hydrogen (secondary N) is 1. The van der Waals surface area contributed by atoms with E-state index in [1.807, 2.05) is 29.2 Å². The summed E-state index contributed by atoms with van der Waals surface area (Å²) in [5, 5.41) is 9.74. The monoisotopic (exact) mass is 552 g/mol. The van der Waals surface area contributed by atoms with Gasteiger partial charge in [-0.2, -0.15) is 13.2 Å². The highest BCUT2D eigenvalue weighted by Gasteiger charge is 2.39. The maximum atomic E-state index is 12.9. The van der Waals surface area contributed by atoms with Gasteiger partial charge in [-0.15, -0.1) is 11.3 Å². The zero-order chi connectivity index (χ0) is 26.5. The number of rotatable bonds is 6. The summed E-state index contributed by atoms with van der Waals surface area (Å²) < 4.78 is 45.3. The molecule has 5 rings (SSSR count). The van der Waals surface area contributed by atoms with Crippen LogP contribution < -0.4 is 20.9 Å². The van der Waals surface area contributed by atoms with Gasteiger partial charge in [-0.25, -0.2) is 9.78 Å². The molecule has 194 valence electrons. The van der Waals surface area contributed by atoms with Gasteiger partial charge in [0.15, 0.2) is 6.10 Å². The van der Waals surface area contributed by atoms with Crippen molar-refractivity contribution in [1.29, 1.82) is 0 Å². The molecule has 0 radical (unpaired) electrons. The Hall–Kier alpha value is -3.35. The number of ether oxygens (including phenoxy) is 1. The molecule has 1 saturated heterocycles.